The molecule has 1 aromatic heterocycles. The lowest BCUT2D eigenvalue weighted by Gasteiger charge is -2.18. The van der Waals surface area contributed by atoms with Crippen molar-refractivity contribution in [3.8, 4) is 11.5 Å². The number of hydrogen-bond acceptors (Lipinski definition) is 4. The number of carbonyl (C=O) groups is 1. The summed E-state index contributed by atoms with van der Waals surface area (Å²) in [4.78, 5) is 16.2. The average Bonchev–Trinajstić information content (AvgIpc) is 3.41. The van der Waals surface area contributed by atoms with E-state index in [0.29, 0.717) is 19.6 Å². The topological polar surface area (TPSA) is 72.6 Å². The Labute approximate surface area is 176 Å². The molecule has 0 radical (unpaired) electrons. The van der Waals surface area contributed by atoms with Crippen LogP contribution in [0.1, 0.15) is 42.4 Å². The second kappa shape index (κ2) is 9.22. The number of aromatic nitrogens is 1. The van der Waals surface area contributed by atoms with E-state index in [4.69, 9.17) is 14.2 Å². The molecule has 0 saturated heterocycles. The van der Waals surface area contributed by atoms with E-state index < -0.39 is 0 Å². The maximum atomic E-state index is 12.8. The van der Waals surface area contributed by atoms with Crippen LogP contribution in [0.5, 0.6) is 11.5 Å². The molecule has 1 aliphatic heterocycles. The van der Waals surface area contributed by atoms with Gasteiger partial charge in [-0.15, -0.1) is 0 Å². The van der Waals surface area contributed by atoms with Gasteiger partial charge in [0.05, 0.1) is 0 Å². The molecule has 2 aromatic carbocycles. The standard InChI is InChI=1S/C24H28N2O4/c1-3-16-6-4-7-18-20(14-26-24(16)18)19(13-23(27)25-10-5-11-28-2)17-8-9-21-22(12-17)30-15-29-21/h4,6-9,12,14,19,26H,3,5,10-11,13,15H2,1-2H3,(H,25,27)/t19-/m0/s1. The van der Waals surface area contributed by atoms with Gasteiger partial charge in [-0.05, 0) is 41.7 Å². The highest BCUT2D eigenvalue weighted by Crippen LogP contribution is 2.39. The first-order valence-corrected chi connectivity index (χ1v) is 10.4. The largest absolute Gasteiger partial charge is 0.454 e. The fourth-order valence-corrected chi connectivity index (χ4v) is 4.06. The zero-order valence-corrected chi connectivity index (χ0v) is 17.5. The Hall–Kier alpha value is -2.99. The number of ether oxygens (including phenoxy) is 3. The van der Waals surface area contributed by atoms with Crippen LogP contribution in [0, 0.1) is 0 Å². The molecule has 0 bridgehead atoms. The van der Waals surface area contributed by atoms with E-state index >= 15 is 0 Å². The molecule has 3 aromatic rings. The summed E-state index contributed by atoms with van der Waals surface area (Å²) in [5.41, 5.74) is 4.56. The zero-order chi connectivity index (χ0) is 20.9. The Morgan fingerprint density at radius 2 is 2.10 bits per heavy atom. The highest BCUT2D eigenvalue weighted by atomic mass is 16.7. The number of para-hydroxylation sites is 1. The molecule has 0 unspecified atom stereocenters. The lowest BCUT2D eigenvalue weighted by atomic mass is 9.87. The van der Waals surface area contributed by atoms with E-state index in [1.54, 1.807) is 7.11 Å². The van der Waals surface area contributed by atoms with Crippen LogP contribution in [0.25, 0.3) is 10.9 Å². The number of hydrogen-bond donors (Lipinski definition) is 2. The molecule has 2 heterocycles. The van der Waals surface area contributed by atoms with Gasteiger partial charge in [-0.2, -0.15) is 0 Å². The van der Waals surface area contributed by atoms with Gasteiger partial charge in [-0.3, -0.25) is 4.79 Å². The van der Waals surface area contributed by atoms with Crippen LogP contribution in [0.4, 0.5) is 0 Å². The summed E-state index contributed by atoms with van der Waals surface area (Å²) in [6.45, 7) is 3.62. The Morgan fingerprint density at radius 3 is 2.93 bits per heavy atom. The minimum Gasteiger partial charge on any atom is -0.454 e. The van der Waals surface area contributed by atoms with Gasteiger partial charge in [0.2, 0.25) is 12.7 Å². The number of aromatic amines is 1. The summed E-state index contributed by atoms with van der Waals surface area (Å²) in [7, 11) is 1.67. The zero-order valence-electron chi connectivity index (χ0n) is 17.5. The number of H-pyrrole nitrogens is 1. The summed E-state index contributed by atoms with van der Waals surface area (Å²) in [6, 6.07) is 12.3. The molecule has 2 N–H and O–H groups in total. The molecule has 0 saturated carbocycles. The van der Waals surface area contributed by atoms with E-state index in [-0.39, 0.29) is 18.6 Å². The van der Waals surface area contributed by atoms with Gasteiger partial charge in [0, 0.05) is 49.7 Å². The van der Waals surface area contributed by atoms with E-state index in [9.17, 15) is 4.79 Å². The first kappa shape index (κ1) is 20.3. The van der Waals surface area contributed by atoms with E-state index in [1.807, 2.05) is 24.4 Å². The van der Waals surface area contributed by atoms with Crippen LogP contribution < -0.4 is 14.8 Å². The number of nitrogens with one attached hydrogen (secondary N) is 2. The summed E-state index contributed by atoms with van der Waals surface area (Å²) in [6.07, 6.45) is 4.14. The predicted octanol–water partition coefficient (Wildman–Crippen LogP) is 4.13. The molecule has 0 spiro atoms. The molecular weight excluding hydrogens is 380 g/mol. The molecule has 0 fully saturated rings. The molecule has 0 aliphatic carbocycles. The summed E-state index contributed by atoms with van der Waals surface area (Å²) in [5, 5.41) is 4.17. The van der Waals surface area contributed by atoms with Crippen LogP contribution >= 0.6 is 0 Å². The fourth-order valence-electron chi connectivity index (χ4n) is 4.06. The molecule has 30 heavy (non-hydrogen) atoms. The minimum atomic E-state index is -0.0946. The monoisotopic (exact) mass is 408 g/mol. The number of carbonyl (C=O) groups excluding carboxylic acids is 1. The minimum absolute atomic E-state index is 0.0229. The molecule has 158 valence electrons. The van der Waals surface area contributed by atoms with Crippen molar-refractivity contribution >= 4 is 16.8 Å². The predicted molar refractivity (Wildman–Crippen MR) is 116 cm³/mol. The van der Waals surface area contributed by atoms with Gasteiger partial charge < -0.3 is 24.5 Å². The van der Waals surface area contributed by atoms with Crippen molar-refractivity contribution in [2.24, 2.45) is 0 Å². The Bertz CT molecular complexity index is 1030. The smallest absolute Gasteiger partial charge is 0.231 e. The van der Waals surface area contributed by atoms with Gasteiger partial charge in [-0.1, -0.05) is 31.2 Å². The maximum absolute atomic E-state index is 12.8. The fraction of sp³-hybridized carbons (Fsp3) is 0.375. The number of aryl methyl sites for hydroxylation is 1. The average molecular weight is 408 g/mol. The number of fused-ring (bicyclic) bond motifs is 2. The third-order valence-electron chi connectivity index (χ3n) is 5.63. The summed E-state index contributed by atoms with van der Waals surface area (Å²) < 4.78 is 16.1. The normalized spacial score (nSPS) is 13.5. The first-order chi connectivity index (χ1) is 14.7. The van der Waals surface area contributed by atoms with Gasteiger partial charge >= 0.3 is 0 Å². The van der Waals surface area contributed by atoms with Gasteiger partial charge in [0.15, 0.2) is 11.5 Å². The Morgan fingerprint density at radius 1 is 1.23 bits per heavy atom. The summed E-state index contributed by atoms with van der Waals surface area (Å²) >= 11 is 0. The Kier molecular flexibility index (Phi) is 6.23. The second-order valence-corrected chi connectivity index (χ2v) is 7.50. The van der Waals surface area contributed by atoms with E-state index in [1.165, 1.54) is 5.56 Å². The second-order valence-electron chi connectivity index (χ2n) is 7.50. The molecule has 1 atom stereocenters. The number of methoxy groups -OCH3 is 1. The van der Waals surface area contributed by atoms with Crippen molar-refractivity contribution in [2.75, 3.05) is 27.1 Å². The number of benzene rings is 2. The lowest BCUT2D eigenvalue weighted by molar-refractivity contribution is -0.121. The number of rotatable bonds is 9. The van der Waals surface area contributed by atoms with Crippen molar-refractivity contribution in [3.63, 3.8) is 0 Å². The van der Waals surface area contributed by atoms with Crippen LogP contribution in [0.3, 0.4) is 0 Å². The molecule has 1 amide bonds. The van der Waals surface area contributed by atoms with Gasteiger partial charge in [0.25, 0.3) is 0 Å². The Balaban J connectivity index is 1.66. The van der Waals surface area contributed by atoms with Crippen molar-refractivity contribution in [3.05, 3.63) is 59.3 Å². The van der Waals surface area contributed by atoms with E-state index in [0.717, 1.165) is 46.4 Å². The third-order valence-corrected chi connectivity index (χ3v) is 5.63. The van der Waals surface area contributed by atoms with Crippen LogP contribution in [0.2, 0.25) is 0 Å². The molecule has 6 heteroatoms. The van der Waals surface area contributed by atoms with Crippen LogP contribution in [-0.4, -0.2) is 37.9 Å². The molecule has 4 rings (SSSR count). The third kappa shape index (κ3) is 4.14. The van der Waals surface area contributed by atoms with Gasteiger partial charge in [0.1, 0.15) is 0 Å². The first-order valence-electron chi connectivity index (χ1n) is 10.4. The summed E-state index contributed by atoms with van der Waals surface area (Å²) in [5.74, 6) is 1.40. The maximum Gasteiger partial charge on any atom is 0.231 e. The van der Waals surface area contributed by atoms with Crippen molar-refractivity contribution in [2.45, 2.75) is 32.1 Å². The number of amides is 1. The van der Waals surface area contributed by atoms with Crippen LogP contribution in [-0.2, 0) is 16.0 Å². The molecular formula is C24H28N2O4. The molecule has 6 nitrogen and oxygen atoms in total. The van der Waals surface area contributed by atoms with Crippen molar-refractivity contribution in [1.82, 2.24) is 10.3 Å². The van der Waals surface area contributed by atoms with Crippen molar-refractivity contribution in [1.29, 1.82) is 0 Å². The SMILES string of the molecule is CCc1cccc2c([C@@H](CC(=O)NCCCOC)c3ccc4c(c3)OCO4)c[nH]c12. The quantitative estimate of drug-likeness (QED) is 0.522. The highest BCUT2D eigenvalue weighted by molar-refractivity contribution is 5.88. The van der Waals surface area contributed by atoms with Crippen LogP contribution in [0.15, 0.2) is 42.6 Å². The van der Waals surface area contributed by atoms with E-state index in [2.05, 4.69) is 35.4 Å². The lowest BCUT2D eigenvalue weighted by Crippen LogP contribution is -2.27. The molecule has 1 aliphatic rings. The highest BCUT2D eigenvalue weighted by Gasteiger charge is 2.24. The van der Waals surface area contributed by atoms with Crippen molar-refractivity contribution < 1.29 is 19.0 Å². The van der Waals surface area contributed by atoms with Gasteiger partial charge in [-0.25, -0.2) is 0 Å².